The topological polar surface area (TPSA) is 87.7 Å². The summed E-state index contributed by atoms with van der Waals surface area (Å²) in [5.41, 5.74) is 1.72. The van der Waals surface area contributed by atoms with Crippen molar-refractivity contribution in [2.75, 3.05) is 0 Å². The number of aromatic amines is 1. The molecule has 0 aliphatic rings. The van der Waals surface area contributed by atoms with Crippen LogP contribution in [0.4, 0.5) is 0 Å². The summed E-state index contributed by atoms with van der Waals surface area (Å²) < 4.78 is 0.691. The molecular weight excluding hydrogens is 372 g/mol. The Kier molecular flexibility index (Phi) is 5.80. The van der Waals surface area contributed by atoms with Crippen LogP contribution in [0.1, 0.15) is 22.6 Å². The van der Waals surface area contributed by atoms with Crippen LogP contribution in [0.25, 0.3) is 11.4 Å². The number of amides is 1. The Morgan fingerprint density at radius 2 is 2.04 bits per heavy atom. The van der Waals surface area contributed by atoms with Crippen LogP contribution in [0.15, 0.2) is 41.5 Å². The minimum atomic E-state index is -0.220. The van der Waals surface area contributed by atoms with Crippen molar-refractivity contribution < 1.29 is 4.79 Å². The lowest BCUT2D eigenvalue weighted by molar-refractivity contribution is -0.121. The second kappa shape index (κ2) is 8.25. The zero-order valence-corrected chi connectivity index (χ0v) is 15.7. The summed E-state index contributed by atoms with van der Waals surface area (Å²) in [6.07, 6.45) is 3.84. The number of carbonyl (C=O) groups is 1. The molecule has 0 aliphatic heterocycles. The number of rotatable bonds is 6. The molecule has 0 saturated heterocycles. The van der Waals surface area contributed by atoms with Gasteiger partial charge in [0.05, 0.1) is 10.9 Å². The highest BCUT2D eigenvalue weighted by Gasteiger charge is 2.12. The summed E-state index contributed by atoms with van der Waals surface area (Å²) >= 11 is 7.30. The first-order valence-electron chi connectivity index (χ1n) is 8.04. The van der Waals surface area contributed by atoms with Crippen LogP contribution in [0, 0.1) is 6.92 Å². The first-order chi connectivity index (χ1) is 12.5. The number of hydrogen-bond acceptors (Lipinski definition) is 5. The van der Waals surface area contributed by atoms with Crippen molar-refractivity contribution in [3.63, 3.8) is 0 Å². The normalized spacial score (nSPS) is 10.7. The Bertz CT molecular complexity index is 969. The molecular formula is C18H17ClN4O2S. The van der Waals surface area contributed by atoms with Crippen molar-refractivity contribution in [3.8, 4) is 11.4 Å². The van der Waals surface area contributed by atoms with Gasteiger partial charge in [-0.15, -0.1) is 11.3 Å². The summed E-state index contributed by atoms with van der Waals surface area (Å²) in [6, 6.07) is 7.24. The molecule has 0 aromatic carbocycles. The molecule has 0 spiro atoms. The lowest BCUT2D eigenvalue weighted by Gasteiger charge is -2.08. The highest BCUT2D eigenvalue weighted by atomic mass is 35.5. The van der Waals surface area contributed by atoms with Crippen LogP contribution in [0.5, 0.6) is 0 Å². The molecule has 134 valence electrons. The second-order valence-corrected chi connectivity index (χ2v) is 7.50. The SMILES string of the molecule is Cc1nc(-c2ccncc2)[nH]c(=O)c1CCC(=O)NCc1ccc(Cl)s1. The minimum absolute atomic E-state index is 0.119. The van der Waals surface area contributed by atoms with Crippen LogP contribution in [0.2, 0.25) is 4.34 Å². The van der Waals surface area contributed by atoms with E-state index in [1.54, 1.807) is 37.5 Å². The van der Waals surface area contributed by atoms with Crippen molar-refractivity contribution in [2.24, 2.45) is 0 Å². The van der Waals surface area contributed by atoms with E-state index in [1.807, 2.05) is 6.07 Å². The van der Waals surface area contributed by atoms with Crippen LogP contribution in [0.3, 0.4) is 0 Å². The highest BCUT2D eigenvalue weighted by Crippen LogP contribution is 2.21. The van der Waals surface area contributed by atoms with Crippen LogP contribution in [-0.4, -0.2) is 20.9 Å². The molecule has 0 aliphatic carbocycles. The number of nitrogens with one attached hydrogen (secondary N) is 2. The van der Waals surface area contributed by atoms with Gasteiger partial charge in [0.25, 0.3) is 5.56 Å². The molecule has 3 rings (SSSR count). The zero-order chi connectivity index (χ0) is 18.5. The molecule has 8 heteroatoms. The predicted octanol–water partition coefficient (Wildman–Crippen LogP) is 3.10. The molecule has 0 atom stereocenters. The van der Waals surface area contributed by atoms with E-state index in [9.17, 15) is 9.59 Å². The third-order valence-electron chi connectivity index (χ3n) is 3.87. The third-order valence-corrected chi connectivity index (χ3v) is 5.10. The molecule has 0 unspecified atom stereocenters. The van der Waals surface area contributed by atoms with Crippen molar-refractivity contribution in [3.05, 3.63) is 67.5 Å². The van der Waals surface area contributed by atoms with Crippen molar-refractivity contribution >= 4 is 28.8 Å². The number of aryl methyl sites for hydroxylation is 1. The van der Waals surface area contributed by atoms with E-state index in [1.165, 1.54) is 11.3 Å². The number of aromatic nitrogens is 3. The number of nitrogens with zero attached hydrogens (tertiary/aromatic N) is 2. The summed E-state index contributed by atoms with van der Waals surface area (Å²) in [7, 11) is 0. The maximum absolute atomic E-state index is 12.4. The van der Waals surface area contributed by atoms with E-state index in [-0.39, 0.29) is 17.9 Å². The quantitative estimate of drug-likeness (QED) is 0.679. The fourth-order valence-corrected chi connectivity index (χ4v) is 3.54. The van der Waals surface area contributed by atoms with E-state index in [0.717, 1.165) is 10.4 Å². The molecule has 3 heterocycles. The molecule has 0 saturated carbocycles. The first-order valence-corrected chi connectivity index (χ1v) is 9.23. The molecule has 2 N–H and O–H groups in total. The number of H-pyrrole nitrogens is 1. The van der Waals surface area contributed by atoms with E-state index < -0.39 is 0 Å². The predicted molar refractivity (Wildman–Crippen MR) is 102 cm³/mol. The molecule has 3 aromatic rings. The van der Waals surface area contributed by atoms with Crippen LogP contribution < -0.4 is 10.9 Å². The summed E-state index contributed by atoms with van der Waals surface area (Å²) in [6.45, 7) is 2.21. The van der Waals surface area contributed by atoms with Crippen LogP contribution >= 0.6 is 22.9 Å². The van der Waals surface area contributed by atoms with Gasteiger partial charge in [0.2, 0.25) is 5.91 Å². The van der Waals surface area contributed by atoms with E-state index in [0.29, 0.717) is 34.4 Å². The Hall–Kier alpha value is -2.51. The van der Waals surface area contributed by atoms with E-state index in [4.69, 9.17) is 11.6 Å². The Morgan fingerprint density at radius 3 is 2.69 bits per heavy atom. The Labute approximate surface area is 159 Å². The maximum Gasteiger partial charge on any atom is 0.254 e. The van der Waals surface area contributed by atoms with Gasteiger partial charge in [-0.3, -0.25) is 14.6 Å². The van der Waals surface area contributed by atoms with Crippen LogP contribution in [-0.2, 0) is 17.8 Å². The molecule has 0 bridgehead atoms. The molecule has 26 heavy (non-hydrogen) atoms. The van der Waals surface area contributed by atoms with Gasteiger partial charge in [-0.2, -0.15) is 0 Å². The average Bonchev–Trinajstić information content (AvgIpc) is 3.05. The Morgan fingerprint density at radius 1 is 1.27 bits per heavy atom. The van der Waals surface area contributed by atoms with Gasteiger partial charge in [0.1, 0.15) is 5.82 Å². The summed E-state index contributed by atoms with van der Waals surface area (Å²) in [4.78, 5) is 36.6. The van der Waals surface area contributed by atoms with E-state index in [2.05, 4.69) is 20.3 Å². The average molecular weight is 389 g/mol. The van der Waals surface area contributed by atoms with Gasteiger partial charge in [-0.1, -0.05) is 11.6 Å². The van der Waals surface area contributed by atoms with Crippen molar-refractivity contribution in [1.29, 1.82) is 0 Å². The Balaban J connectivity index is 1.62. The van der Waals surface area contributed by atoms with Gasteiger partial charge in [-0.05, 0) is 37.6 Å². The van der Waals surface area contributed by atoms with Crippen molar-refractivity contribution in [2.45, 2.75) is 26.3 Å². The third kappa shape index (κ3) is 4.56. The second-order valence-electron chi connectivity index (χ2n) is 5.70. The van der Waals surface area contributed by atoms with Crippen molar-refractivity contribution in [1.82, 2.24) is 20.3 Å². The highest BCUT2D eigenvalue weighted by molar-refractivity contribution is 7.16. The monoisotopic (exact) mass is 388 g/mol. The molecule has 0 radical (unpaired) electrons. The molecule has 1 amide bonds. The lowest BCUT2D eigenvalue weighted by Crippen LogP contribution is -2.24. The first kappa shape index (κ1) is 18.3. The fraction of sp³-hybridized carbons (Fsp3) is 0.222. The lowest BCUT2D eigenvalue weighted by atomic mass is 10.1. The van der Waals surface area contributed by atoms with Gasteiger partial charge in [0.15, 0.2) is 0 Å². The minimum Gasteiger partial charge on any atom is -0.351 e. The van der Waals surface area contributed by atoms with Gasteiger partial charge < -0.3 is 10.3 Å². The summed E-state index contributed by atoms with van der Waals surface area (Å²) in [5.74, 6) is 0.379. The largest absolute Gasteiger partial charge is 0.351 e. The zero-order valence-electron chi connectivity index (χ0n) is 14.1. The number of pyridine rings is 1. The fourth-order valence-electron chi connectivity index (χ4n) is 2.51. The smallest absolute Gasteiger partial charge is 0.254 e. The number of thiophene rings is 1. The molecule has 6 nitrogen and oxygen atoms in total. The van der Waals surface area contributed by atoms with Gasteiger partial charge in [-0.25, -0.2) is 4.98 Å². The standard InChI is InChI=1S/C18H17ClN4O2S/c1-11-14(3-5-16(24)21-10-13-2-4-15(19)26-13)18(25)23-17(22-11)12-6-8-20-9-7-12/h2,4,6-9H,3,5,10H2,1H3,(H,21,24)(H,22,23,25). The molecule has 3 aromatic heterocycles. The maximum atomic E-state index is 12.4. The number of halogens is 1. The van der Waals surface area contributed by atoms with E-state index >= 15 is 0 Å². The number of carbonyl (C=O) groups excluding carboxylic acids is 1. The summed E-state index contributed by atoms with van der Waals surface area (Å²) in [5, 5.41) is 2.83. The van der Waals surface area contributed by atoms with Gasteiger partial charge >= 0.3 is 0 Å². The molecule has 0 fully saturated rings. The number of hydrogen-bond donors (Lipinski definition) is 2. The van der Waals surface area contributed by atoms with Gasteiger partial charge in [0, 0.05) is 40.5 Å².